The first-order valence-corrected chi connectivity index (χ1v) is 4.79. The summed E-state index contributed by atoms with van der Waals surface area (Å²) in [5, 5.41) is 11.1. The second kappa shape index (κ2) is 5.13. The third-order valence-electron chi connectivity index (χ3n) is 1.97. The molecule has 0 radical (unpaired) electrons. The van der Waals surface area contributed by atoms with Crippen LogP contribution in [0, 0.1) is 0 Å². The van der Waals surface area contributed by atoms with Crippen LogP contribution >= 0.6 is 0 Å². The van der Waals surface area contributed by atoms with E-state index >= 15 is 0 Å². The number of nitrogens with zero attached hydrogens (tertiary/aromatic N) is 1. The fourth-order valence-electron chi connectivity index (χ4n) is 1.05. The highest BCUT2D eigenvalue weighted by atomic mass is 19.4. The van der Waals surface area contributed by atoms with Crippen molar-refractivity contribution < 1.29 is 23.1 Å². The molecule has 0 aromatic carbocycles. The fraction of sp³-hybridized carbons (Fsp3) is 0.400. The Morgan fingerprint density at radius 2 is 2.18 bits per heavy atom. The largest absolute Gasteiger partial charge is 0.433 e. The van der Waals surface area contributed by atoms with E-state index in [0.717, 1.165) is 18.3 Å². The standard InChI is InChI=1S/C10H11F3N2O2/c1-6(5-16)15-9(17)7-2-3-8(14-4-7)10(11,12)13/h2-4,6,16H,5H2,1H3,(H,15,17). The van der Waals surface area contributed by atoms with Gasteiger partial charge in [-0.1, -0.05) is 0 Å². The average Bonchev–Trinajstić information content (AvgIpc) is 2.27. The third-order valence-corrected chi connectivity index (χ3v) is 1.97. The fourth-order valence-corrected chi connectivity index (χ4v) is 1.05. The first kappa shape index (κ1) is 13.4. The zero-order valence-electron chi connectivity index (χ0n) is 8.95. The van der Waals surface area contributed by atoms with Crippen LogP contribution in [0.25, 0.3) is 0 Å². The molecule has 0 aliphatic heterocycles. The molecule has 2 N–H and O–H groups in total. The summed E-state index contributed by atoms with van der Waals surface area (Å²) >= 11 is 0. The quantitative estimate of drug-likeness (QED) is 0.845. The van der Waals surface area contributed by atoms with Gasteiger partial charge in [0.2, 0.25) is 0 Å². The van der Waals surface area contributed by atoms with Crippen LogP contribution in [0.2, 0.25) is 0 Å². The van der Waals surface area contributed by atoms with Crippen LogP contribution in [-0.2, 0) is 6.18 Å². The van der Waals surface area contributed by atoms with Crippen molar-refractivity contribution in [1.29, 1.82) is 0 Å². The van der Waals surface area contributed by atoms with Gasteiger partial charge in [-0.2, -0.15) is 13.2 Å². The molecule has 17 heavy (non-hydrogen) atoms. The molecule has 0 saturated carbocycles. The van der Waals surface area contributed by atoms with E-state index in [1.165, 1.54) is 0 Å². The van der Waals surface area contributed by atoms with Gasteiger partial charge in [-0.05, 0) is 19.1 Å². The highest BCUT2D eigenvalue weighted by molar-refractivity contribution is 5.94. The molecule has 0 fully saturated rings. The minimum absolute atomic E-state index is 0.0123. The van der Waals surface area contributed by atoms with Crippen LogP contribution in [-0.4, -0.2) is 28.6 Å². The predicted octanol–water partition coefficient (Wildman–Crippen LogP) is 1.21. The van der Waals surface area contributed by atoms with Crippen LogP contribution in [0.4, 0.5) is 13.2 Å². The molecule has 0 spiro atoms. The number of aromatic nitrogens is 1. The molecule has 0 saturated heterocycles. The maximum Gasteiger partial charge on any atom is 0.433 e. The lowest BCUT2D eigenvalue weighted by molar-refractivity contribution is -0.141. The van der Waals surface area contributed by atoms with Crippen molar-refractivity contribution >= 4 is 5.91 Å². The number of hydrogen-bond donors (Lipinski definition) is 2. The van der Waals surface area contributed by atoms with Crippen LogP contribution in [0.5, 0.6) is 0 Å². The van der Waals surface area contributed by atoms with Gasteiger partial charge in [0, 0.05) is 12.2 Å². The highest BCUT2D eigenvalue weighted by Gasteiger charge is 2.32. The minimum Gasteiger partial charge on any atom is -0.394 e. The number of pyridine rings is 1. The van der Waals surface area contributed by atoms with Gasteiger partial charge >= 0.3 is 6.18 Å². The minimum atomic E-state index is -4.52. The Kier molecular flexibility index (Phi) is 4.06. The lowest BCUT2D eigenvalue weighted by Gasteiger charge is -2.11. The van der Waals surface area contributed by atoms with Gasteiger partial charge in [0.05, 0.1) is 12.2 Å². The Morgan fingerprint density at radius 3 is 2.59 bits per heavy atom. The van der Waals surface area contributed by atoms with Crippen molar-refractivity contribution in [2.24, 2.45) is 0 Å². The number of alkyl halides is 3. The normalized spacial score (nSPS) is 13.2. The molecule has 1 unspecified atom stereocenters. The van der Waals surface area contributed by atoms with Gasteiger partial charge < -0.3 is 10.4 Å². The van der Waals surface area contributed by atoms with E-state index in [2.05, 4.69) is 10.3 Å². The van der Waals surface area contributed by atoms with Crippen LogP contribution in [0.15, 0.2) is 18.3 Å². The van der Waals surface area contributed by atoms with Gasteiger partial charge in [-0.25, -0.2) is 0 Å². The molecule has 4 nitrogen and oxygen atoms in total. The number of carbonyl (C=O) groups is 1. The van der Waals surface area contributed by atoms with E-state index in [1.54, 1.807) is 6.92 Å². The number of amides is 1. The Balaban J connectivity index is 2.78. The second-order valence-electron chi connectivity index (χ2n) is 3.49. The third kappa shape index (κ3) is 3.70. The number of nitrogens with one attached hydrogen (secondary N) is 1. The lowest BCUT2D eigenvalue weighted by Crippen LogP contribution is -2.35. The molecule has 7 heteroatoms. The summed E-state index contributed by atoms with van der Waals surface area (Å²) in [6.45, 7) is 1.31. The van der Waals surface area contributed by atoms with Crippen LogP contribution in [0.3, 0.4) is 0 Å². The molecular formula is C10H11F3N2O2. The van der Waals surface area contributed by atoms with E-state index in [4.69, 9.17) is 5.11 Å². The summed E-state index contributed by atoms with van der Waals surface area (Å²) in [6, 6.07) is 1.30. The topological polar surface area (TPSA) is 62.2 Å². The van der Waals surface area contributed by atoms with Crippen molar-refractivity contribution in [3.8, 4) is 0 Å². The van der Waals surface area contributed by atoms with Gasteiger partial charge in [0.15, 0.2) is 0 Å². The lowest BCUT2D eigenvalue weighted by atomic mass is 10.2. The number of aliphatic hydroxyl groups excluding tert-OH is 1. The van der Waals surface area contributed by atoms with Gasteiger partial charge in [0.25, 0.3) is 5.91 Å². The average molecular weight is 248 g/mol. The van der Waals surface area contributed by atoms with E-state index in [1.807, 2.05) is 0 Å². The summed E-state index contributed by atoms with van der Waals surface area (Å²) in [5.41, 5.74) is -1.04. The van der Waals surface area contributed by atoms with E-state index in [0.29, 0.717) is 0 Å². The number of aliphatic hydroxyl groups is 1. The summed E-state index contributed by atoms with van der Waals surface area (Å²) in [7, 11) is 0. The molecular weight excluding hydrogens is 237 g/mol. The molecule has 1 aromatic heterocycles. The number of carbonyl (C=O) groups excluding carboxylic acids is 1. The number of rotatable bonds is 3. The summed E-state index contributed by atoms with van der Waals surface area (Å²) in [5.74, 6) is -0.576. The van der Waals surface area contributed by atoms with Gasteiger partial charge in [-0.3, -0.25) is 9.78 Å². The smallest absolute Gasteiger partial charge is 0.394 e. The summed E-state index contributed by atoms with van der Waals surface area (Å²) < 4.78 is 36.6. The van der Waals surface area contributed by atoms with Gasteiger partial charge in [0.1, 0.15) is 5.69 Å². The molecule has 0 bridgehead atoms. The van der Waals surface area contributed by atoms with E-state index in [-0.39, 0.29) is 12.2 Å². The molecule has 1 aromatic rings. The van der Waals surface area contributed by atoms with Crippen molar-refractivity contribution in [3.05, 3.63) is 29.6 Å². The summed E-state index contributed by atoms with van der Waals surface area (Å²) in [6.07, 6.45) is -3.67. The number of hydrogen-bond acceptors (Lipinski definition) is 3. The first-order chi connectivity index (χ1) is 7.84. The molecule has 94 valence electrons. The first-order valence-electron chi connectivity index (χ1n) is 4.79. The monoisotopic (exact) mass is 248 g/mol. The Bertz CT molecular complexity index is 390. The van der Waals surface area contributed by atoms with Crippen molar-refractivity contribution in [1.82, 2.24) is 10.3 Å². The van der Waals surface area contributed by atoms with Crippen molar-refractivity contribution in [3.63, 3.8) is 0 Å². The Hall–Kier alpha value is -1.63. The highest BCUT2D eigenvalue weighted by Crippen LogP contribution is 2.27. The van der Waals surface area contributed by atoms with E-state index in [9.17, 15) is 18.0 Å². The van der Waals surface area contributed by atoms with E-state index < -0.39 is 23.8 Å². The molecule has 1 heterocycles. The Labute approximate surface area is 95.5 Å². The maximum atomic E-state index is 12.2. The van der Waals surface area contributed by atoms with Crippen molar-refractivity contribution in [2.45, 2.75) is 19.1 Å². The van der Waals surface area contributed by atoms with Crippen LogP contribution < -0.4 is 5.32 Å². The molecule has 1 rings (SSSR count). The zero-order valence-corrected chi connectivity index (χ0v) is 8.95. The second-order valence-corrected chi connectivity index (χ2v) is 3.49. The molecule has 0 aliphatic rings. The molecule has 1 amide bonds. The summed E-state index contributed by atoms with van der Waals surface area (Å²) in [4.78, 5) is 14.6. The predicted molar refractivity (Wildman–Crippen MR) is 53.3 cm³/mol. The number of halogens is 3. The SMILES string of the molecule is CC(CO)NC(=O)c1ccc(C(F)(F)F)nc1. The van der Waals surface area contributed by atoms with Crippen LogP contribution in [0.1, 0.15) is 23.0 Å². The van der Waals surface area contributed by atoms with Gasteiger partial charge in [-0.15, -0.1) is 0 Å². The Morgan fingerprint density at radius 1 is 1.53 bits per heavy atom. The molecule has 1 atom stereocenters. The zero-order chi connectivity index (χ0) is 13.1. The molecule has 0 aliphatic carbocycles. The maximum absolute atomic E-state index is 12.2. The van der Waals surface area contributed by atoms with Crippen molar-refractivity contribution in [2.75, 3.05) is 6.61 Å².